The minimum absolute atomic E-state index is 0.385. The number of halogens is 2. The number of esters is 1. The molecule has 0 aliphatic heterocycles. The Kier molecular flexibility index (Phi) is 4.58. The van der Waals surface area contributed by atoms with Crippen molar-refractivity contribution in [2.75, 3.05) is 12.8 Å². The average molecular weight is 330 g/mol. The van der Waals surface area contributed by atoms with E-state index in [9.17, 15) is 4.79 Å². The fraction of sp³-hybridized carbons (Fsp3) is 0.214. The first kappa shape index (κ1) is 15.2. The van der Waals surface area contributed by atoms with Gasteiger partial charge in [0.05, 0.1) is 22.8 Å². The molecule has 1 heterocycles. The first-order chi connectivity index (χ1) is 9.51. The highest BCUT2D eigenvalue weighted by molar-refractivity contribution is 7.18. The molecule has 6 heteroatoms. The molecule has 0 saturated heterocycles. The number of rotatable bonds is 3. The molecule has 0 atom stereocenters. The normalized spacial score (nSPS) is 10.6. The average Bonchev–Trinajstić information content (AvgIpc) is 2.74. The monoisotopic (exact) mass is 329 g/mol. The minimum atomic E-state index is -0.448. The Morgan fingerprint density at radius 1 is 1.35 bits per heavy atom. The van der Waals surface area contributed by atoms with E-state index < -0.39 is 5.97 Å². The van der Waals surface area contributed by atoms with Crippen molar-refractivity contribution in [2.24, 2.45) is 0 Å². The van der Waals surface area contributed by atoms with Crippen LogP contribution in [0.3, 0.4) is 0 Å². The number of carbonyl (C=O) groups excluding carboxylic acids is 1. The minimum Gasteiger partial charge on any atom is -0.465 e. The summed E-state index contributed by atoms with van der Waals surface area (Å²) in [5.41, 5.74) is 8.07. The second-order valence-electron chi connectivity index (χ2n) is 4.09. The van der Waals surface area contributed by atoms with Crippen LogP contribution in [0.1, 0.15) is 22.2 Å². The number of nitrogen functional groups attached to an aromatic ring is 1. The van der Waals surface area contributed by atoms with Gasteiger partial charge < -0.3 is 10.5 Å². The molecule has 0 aliphatic rings. The number of ether oxygens (including phenoxy) is 1. The molecule has 0 bridgehead atoms. The molecular weight excluding hydrogens is 317 g/mol. The first-order valence-electron chi connectivity index (χ1n) is 5.95. The molecule has 0 unspecified atom stereocenters. The number of anilines is 1. The Hall–Kier alpha value is -1.23. The number of benzene rings is 1. The molecule has 2 N–H and O–H groups in total. The maximum atomic E-state index is 11.8. The van der Waals surface area contributed by atoms with Crippen LogP contribution in [0, 0.1) is 0 Å². The summed E-state index contributed by atoms with van der Waals surface area (Å²) in [6.45, 7) is 1.97. The summed E-state index contributed by atoms with van der Waals surface area (Å²) in [5.74, 6) is -0.448. The standard InChI is InChI=1S/C14H13Cl2NO2S/c1-3-7-11(17)13(14(18)19-2)20-12(7)10-8(15)5-4-6-9(10)16/h4-6H,3,17H2,1-2H3. The number of hydrogen-bond donors (Lipinski definition) is 1. The number of nitrogens with two attached hydrogens (primary N) is 1. The second-order valence-corrected chi connectivity index (χ2v) is 5.93. The Labute approximate surface area is 131 Å². The molecule has 0 amide bonds. The van der Waals surface area contributed by atoms with E-state index in [-0.39, 0.29) is 0 Å². The highest BCUT2D eigenvalue weighted by Crippen LogP contribution is 2.44. The van der Waals surface area contributed by atoms with Gasteiger partial charge in [-0.25, -0.2) is 4.79 Å². The van der Waals surface area contributed by atoms with Crippen molar-refractivity contribution in [3.63, 3.8) is 0 Å². The maximum Gasteiger partial charge on any atom is 0.350 e. The van der Waals surface area contributed by atoms with Gasteiger partial charge in [0.1, 0.15) is 4.88 Å². The van der Waals surface area contributed by atoms with Crippen LogP contribution < -0.4 is 5.73 Å². The van der Waals surface area contributed by atoms with Crippen LogP contribution in [-0.4, -0.2) is 13.1 Å². The lowest BCUT2D eigenvalue weighted by molar-refractivity contribution is 0.0607. The van der Waals surface area contributed by atoms with E-state index in [1.165, 1.54) is 18.4 Å². The van der Waals surface area contributed by atoms with E-state index >= 15 is 0 Å². The van der Waals surface area contributed by atoms with Crippen molar-refractivity contribution >= 4 is 46.2 Å². The predicted octanol–water partition coefficient (Wildman–Crippen LogP) is 4.65. The zero-order valence-corrected chi connectivity index (χ0v) is 13.3. The van der Waals surface area contributed by atoms with E-state index in [0.29, 0.717) is 32.6 Å². The molecule has 20 heavy (non-hydrogen) atoms. The van der Waals surface area contributed by atoms with Crippen molar-refractivity contribution in [1.82, 2.24) is 0 Å². The van der Waals surface area contributed by atoms with Gasteiger partial charge in [0, 0.05) is 10.4 Å². The van der Waals surface area contributed by atoms with Gasteiger partial charge in [0.15, 0.2) is 0 Å². The van der Waals surface area contributed by atoms with Gasteiger partial charge in [-0.05, 0) is 24.1 Å². The molecule has 1 aromatic carbocycles. The van der Waals surface area contributed by atoms with Gasteiger partial charge in [0.25, 0.3) is 0 Å². The summed E-state index contributed by atoms with van der Waals surface area (Å²) in [6.07, 6.45) is 0.677. The smallest absolute Gasteiger partial charge is 0.350 e. The molecule has 2 rings (SSSR count). The molecule has 106 valence electrons. The lowest BCUT2D eigenvalue weighted by Gasteiger charge is -2.07. The van der Waals surface area contributed by atoms with Gasteiger partial charge >= 0.3 is 5.97 Å². The summed E-state index contributed by atoms with van der Waals surface area (Å²) in [6, 6.07) is 5.30. The number of methoxy groups -OCH3 is 1. The molecule has 0 radical (unpaired) electrons. The first-order valence-corrected chi connectivity index (χ1v) is 7.52. The van der Waals surface area contributed by atoms with Crippen LogP contribution in [0.15, 0.2) is 18.2 Å². The summed E-state index contributed by atoms with van der Waals surface area (Å²) in [7, 11) is 1.33. The Morgan fingerprint density at radius 2 is 1.95 bits per heavy atom. The third kappa shape index (κ3) is 2.51. The summed E-state index contributed by atoms with van der Waals surface area (Å²) < 4.78 is 4.75. The van der Waals surface area contributed by atoms with Crippen LogP contribution in [-0.2, 0) is 11.2 Å². The molecule has 0 fully saturated rings. The highest BCUT2D eigenvalue weighted by Gasteiger charge is 2.23. The SMILES string of the molecule is CCc1c(-c2c(Cl)cccc2Cl)sc(C(=O)OC)c1N. The van der Waals surface area contributed by atoms with E-state index in [2.05, 4.69) is 0 Å². The Balaban J connectivity index is 2.72. The van der Waals surface area contributed by atoms with Crippen molar-refractivity contribution in [3.05, 3.63) is 38.7 Å². The third-order valence-corrected chi connectivity index (χ3v) is 4.84. The van der Waals surface area contributed by atoms with E-state index in [4.69, 9.17) is 33.7 Å². The molecule has 0 aliphatic carbocycles. The molecule has 2 aromatic rings. The number of hydrogen-bond acceptors (Lipinski definition) is 4. The highest BCUT2D eigenvalue weighted by atomic mass is 35.5. The zero-order chi connectivity index (χ0) is 14.9. The third-order valence-electron chi connectivity index (χ3n) is 2.96. The van der Waals surface area contributed by atoms with E-state index in [1.807, 2.05) is 6.92 Å². The van der Waals surface area contributed by atoms with Crippen molar-refractivity contribution in [2.45, 2.75) is 13.3 Å². The molecular formula is C14H13Cl2NO2S. The summed E-state index contributed by atoms with van der Waals surface area (Å²) in [5, 5.41) is 1.06. The van der Waals surface area contributed by atoms with Gasteiger partial charge in [0.2, 0.25) is 0 Å². The summed E-state index contributed by atoms with van der Waals surface area (Å²) in [4.78, 5) is 13.0. The molecule has 3 nitrogen and oxygen atoms in total. The number of thiophene rings is 1. The largest absolute Gasteiger partial charge is 0.465 e. The summed E-state index contributed by atoms with van der Waals surface area (Å²) >= 11 is 13.7. The topological polar surface area (TPSA) is 52.3 Å². The zero-order valence-electron chi connectivity index (χ0n) is 11.0. The van der Waals surface area contributed by atoms with Crippen molar-refractivity contribution in [3.8, 4) is 10.4 Å². The second kappa shape index (κ2) is 6.04. The Bertz CT molecular complexity index is 647. The lowest BCUT2D eigenvalue weighted by Crippen LogP contribution is -2.02. The van der Waals surface area contributed by atoms with Crippen LogP contribution in [0.4, 0.5) is 5.69 Å². The van der Waals surface area contributed by atoms with Crippen LogP contribution in [0.2, 0.25) is 10.0 Å². The van der Waals surface area contributed by atoms with Crippen LogP contribution in [0.5, 0.6) is 0 Å². The van der Waals surface area contributed by atoms with Gasteiger partial charge in [-0.3, -0.25) is 0 Å². The van der Waals surface area contributed by atoms with Gasteiger partial charge in [-0.1, -0.05) is 36.2 Å². The quantitative estimate of drug-likeness (QED) is 0.833. The van der Waals surface area contributed by atoms with Gasteiger partial charge in [-0.15, -0.1) is 11.3 Å². The molecule has 0 spiro atoms. The van der Waals surface area contributed by atoms with E-state index in [1.54, 1.807) is 18.2 Å². The van der Waals surface area contributed by atoms with Crippen LogP contribution in [0.25, 0.3) is 10.4 Å². The molecule has 0 saturated carbocycles. The van der Waals surface area contributed by atoms with Crippen molar-refractivity contribution in [1.29, 1.82) is 0 Å². The molecule has 1 aromatic heterocycles. The lowest BCUT2D eigenvalue weighted by atomic mass is 10.1. The van der Waals surface area contributed by atoms with Crippen LogP contribution >= 0.6 is 34.5 Å². The fourth-order valence-electron chi connectivity index (χ4n) is 1.99. The number of carbonyl (C=O) groups is 1. The maximum absolute atomic E-state index is 11.8. The van der Waals surface area contributed by atoms with Crippen molar-refractivity contribution < 1.29 is 9.53 Å². The Morgan fingerprint density at radius 3 is 2.45 bits per heavy atom. The fourth-order valence-corrected chi connectivity index (χ4v) is 3.99. The predicted molar refractivity (Wildman–Crippen MR) is 84.9 cm³/mol. The van der Waals surface area contributed by atoms with E-state index in [0.717, 1.165) is 10.4 Å². The van der Waals surface area contributed by atoms with Gasteiger partial charge in [-0.2, -0.15) is 0 Å².